The van der Waals surface area contributed by atoms with Crippen LogP contribution in [0, 0.1) is 0 Å². The Bertz CT molecular complexity index is 1680. The summed E-state index contributed by atoms with van der Waals surface area (Å²) in [7, 11) is 0. The van der Waals surface area contributed by atoms with Crippen molar-refractivity contribution in [2.75, 3.05) is 13.2 Å². The number of aromatic amines is 1. The van der Waals surface area contributed by atoms with Gasteiger partial charge >= 0.3 is 0 Å². The van der Waals surface area contributed by atoms with Crippen molar-refractivity contribution >= 4 is 11.6 Å². The van der Waals surface area contributed by atoms with E-state index in [0.29, 0.717) is 42.6 Å². The van der Waals surface area contributed by atoms with Gasteiger partial charge in [-0.1, -0.05) is 61.4 Å². The maximum absolute atomic E-state index is 13.2. The van der Waals surface area contributed by atoms with Crippen molar-refractivity contribution in [3.8, 4) is 17.2 Å². The van der Waals surface area contributed by atoms with E-state index in [1.54, 1.807) is 54.9 Å². The average molecular weight is 684 g/mol. The van der Waals surface area contributed by atoms with Crippen molar-refractivity contribution in [1.29, 1.82) is 0 Å². The first-order valence-corrected chi connectivity index (χ1v) is 17.2. The second-order valence-corrected chi connectivity index (χ2v) is 12.6. The van der Waals surface area contributed by atoms with Crippen LogP contribution in [0.15, 0.2) is 91.3 Å². The molecule has 0 aliphatic rings. The van der Waals surface area contributed by atoms with Crippen LogP contribution in [-0.4, -0.2) is 56.3 Å². The lowest BCUT2D eigenvalue weighted by Crippen LogP contribution is -2.20. The van der Waals surface area contributed by atoms with Crippen molar-refractivity contribution < 1.29 is 34.8 Å². The van der Waals surface area contributed by atoms with Gasteiger partial charge in [0.1, 0.15) is 5.75 Å². The maximum Gasteiger partial charge on any atom is 0.165 e. The monoisotopic (exact) mass is 683 g/mol. The van der Waals surface area contributed by atoms with E-state index in [4.69, 9.17) is 21.3 Å². The predicted molar refractivity (Wildman–Crippen MR) is 193 cm³/mol. The first kappa shape index (κ1) is 38.1. The molecule has 0 amide bonds. The summed E-state index contributed by atoms with van der Waals surface area (Å²) in [6.07, 6.45) is 11.0. The van der Waals surface area contributed by atoms with Gasteiger partial charge in [-0.2, -0.15) is 0 Å². The minimum absolute atomic E-state index is 0.00172. The number of aromatic hydroxyl groups is 2. The summed E-state index contributed by atoms with van der Waals surface area (Å²) in [5.41, 5.74) is 16.2. The number of Topliss-reactive ketones (excluding diaryl/α,β-unsaturated/α-hetero) is 1. The molecule has 0 spiro atoms. The number of ketones is 2. The number of phenols is 2. The Morgan fingerprint density at radius 3 is 2.28 bits per heavy atom. The molecule has 50 heavy (non-hydrogen) atoms. The highest BCUT2D eigenvalue weighted by atomic mass is 16.5. The zero-order valence-electron chi connectivity index (χ0n) is 28.3. The molecule has 0 saturated carbocycles. The lowest BCUT2D eigenvalue weighted by molar-refractivity contribution is -0.114. The standard InChI is InChI=1S/C40H49N3O7/c41-40(42)30-13-11-29(12-14-30)34(24-38(49)31-18-20-43-25-31)35-22-28(9-16-36(35)47)19-21-50-39-23-27(10-17-37(39)48)8-15-32(45)6-4-2-1-3-5-7-33(46)26-44/h4,6,9-14,16-18,20,22-23,25,33-34,40,43-44,46-48H,1-3,5,7-8,15,19,21,24,26,41-42H2. The van der Waals surface area contributed by atoms with E-state index in [1.807, 2.05) is 36.4 Å². The Morgan fingerprint density at radius 2 is 1.58 bits per heavy atom. The molecule has 0 saturated heterocycles. The van der Waals surface area contributed by atoms with E-state index in [-0.39, 0.29) is 42.7 Å². The minimum Gasteiger partial charge on any atom is -0.508 e. The SMILES string of the molecule is NC(N)c1ccc(C(CC(=O)c2cc[nH]c2)c2cc(CCOc3cc(CCC(=O)C=CCCCCCC(O)CO)ccc3O)ccc2O)cc1. The van der Waals surface area contributed by atoms with Crippen LogP contribution in [0.25, 0.3) is 0 Å². The molecule has 3 aromatic carbocycles. The Morgan fingerprint density at radius 1 is 0.860 bits per heavy atom. The number of hydrogen-bond donors (Lipinski definition) is 7. The van der Waals surface area contributed by atoms with Gasteiger partial charge in [0.25, 0.3) is 0 Å². The summed E-state index contributed by atoms with van der Waals surface area (Å²) in [4.78, 5) is 28.5. The number of benzene rings is 3. The lowest BCUT2D eigenvalue weighted by Gasteiger charge is -2.20. The zero-order valence-corrected chi connectivity index (χ0v) is 28.3. The van der Waals surface area contributed by atoms with Crippen LogP contribution < -0.4 is 16.2 Å². The van der Waals surface area contributed by atoms with Crippen molar-refractivity contribution in [2.45, 2.75) is 76.0 Å². The van der Waals surface area contributed by atoms with Gasteiger partial charge in [-0.05, 0) is 78.3 Å². The van der Waals surface area contributed by atoms with Crippen LogP contribution in [0.4, 0.5) is 0 Å². The summed E-state index contributed by atoms with van der Waals surface area (Å²) in [5, 5.41) is 39.7. The van der Waals surface area contributed by atoms with Gasteiger partial charge in [-0.3, -0.25) is 9.59 Å². The van der Waals surface area contributed by atoms with Gasteiger partial charge in [0.2, 0.25) is 0 Å². The Balaban J connectivity index is 1.35. The van der Waals surface area contributed by atoms with Gasteiger partial charge in [0, 0.05) is 48.7 Å². The summed E-state index contributed by atoms with van der Waals surface area (Å²) < 4.78 is 5.96. The van der Waals surface area contributed by atoms with Gasteiger partial charge < -0.3 is 41.6 Å². The molecule has 1 heterocycles. The summed E-state index contributed by atoms with van der Waals surface area (Å²) in [6, 6.07) is 19.5. The highest BCUT2D eigenvalue weighted by molar-refractivity contribution is 5.96. The number of nitrogens with one attached hydrogen (secondary N) is 1. The lowest BCUT2D eigenvalue weighted by atomic mass is 9.84. The second kappa shape index (κ2) is 19.4. The second-order valence-electron chi connectivity index (χ2n) is 12.6. The molecule has 0 bridgehead atoms. The third-order valence-electron chi connectivity index (χ3n) is 8.76. The molecular formula is C40H49N3O7. The number of hydrogen-bond acceptors (Lipinski definition) is 9. The van der Waals surface area contributed by atoms with Crippen molar-refractivity contribution in [1.82, 2.24) is 4.98 Å². The number of aromatic nitrogens is 1. The zero-order chi connectivity index (χ0) is 35.9. The van der Waals surface area contributed by atoms with Crippen molar-refractivity contribution in [3.05, 3.63) is 125 Å². The molecule has 10 nitrogen and oxygen atoms in total. The molecule has 0 aliphatic heterocycles. The largest absolute Gasteiger partial charge is 0.508 e. The molecule has 1 aromatic heterocycles. The summed E-state index contributed by atoms with van der Waals surface area (Å²) >= 11 is 0. The topological polar surface area (TPSA) is 192 Å². The van der Waals surface area contributed by atoms with Gasteiger partial charge in [-0.25, -0.2) is 0 Å². The Labute approximate surface area is 293 Å². The molecule has 2 atom stereocenters. The molecule has 9 N–H and O–H groups in total. The number of carbonyl (C=O) groups excluding carboxylic acids is 2. The van der Waals surface area contributed by atoms with Crippen LogP contribution in [0.1, 0.15) is 95.2 Å². The van der Waals surface area contributed by atoms with Gasteiger partial charge in [0.05, 0.1) is 25.5 Å². The van der Waals surface area contributed by atoms with Crippen LogP contribution >= 0.6 is 0 Å². The molecule has 266 valence electrons. The normalized spacial score (nSPS) is 12.7. The van der Waals surface area contributed by atoms with E-state index in [2.05, 4.69) is 4.98 Å². The number of aliphatic hydroxyl groups excluding tert-OH is 2. The third kappa shape index (κ3) is 11.7. The fourth-order valence-electron chi connectivity index (χ4n) is 5.78. The minimum atomic E-state index is -0.656. The first-order valence-electron chi connectivity index (χ1n) is 17.2. The van der Waals surface area contributed by atoms with Crippen LogP contribution in [0.3, 0.4) is 0 Å². The number of H-pyrrole nitrogens is 1. The predicted octanol–water partition coefficient (Wildman–Crippen LogP) is 5.73. The first-order chi connectivity index (χ1) is 24.1. The summed E-state index contributed by atoms with van der Waals surface area (Å²) in [5.74, 6) is -0.0828. The fraction of sp³-hybridized carbons (Fsp3) is 0.350. The number of phenolic OH excluding ortho intramolecular Hbond substituents is 2. The van der Waals surface area contributed by atoms with E-state index < -0.39 is 18.2 Å². The molecule has 0 radical (unpaired) electrons. The Kier molecular flexibility index (Phi) is 14.8. The van der Waals surface area contributed by atoms with E-state index >= 15 is 0 Å². The molecule has 0 aliphatic carbocycles. The number of rotatable bonds is 21. The fourth-order valence-corrected chi connectivity index (χ4v) is 5.78. The highest BCUT2D eigenvalue weighted by Gasteiger charge is 2.23. The van der Waals surface area contributed by atoms with Gasteiger partial charge in [-0.15, -0.1) is 0 Å². The van der Waals surface area contributed by atoms with E-state index in [0.717, 1.165) is 47.9 Å². The number of aryl methyl sites for hydroxylation is 1. The van der Waals surface area contributed by atoms with Crippen LogP contribution in [-0.2, 0) is 17.6 Å². The number of unbranched alkanes of at least 4 members (excludes halogenated alkanes) is 3. The number of nitrogens with two attached hydrogens (primary N) is 2. The van der Waals surface area contributed by atoms with E-state index in [9.17, 15) is 24.9 Å². The highest BCUT2D eigenvalue weighted by Crippen LogP contribution is 2.36. The smallest absolute Gasteiger partial charge is 0.165 e. The van der Waals surface area contributed by atoms with Gasteiger partial charge in [0.15, 0.2) is 23.1 Å². The van der Waals surface area contributed by atoms with Crippen LogP contribution in [0.5, 0.6) is 17.2 Å². The van der Waals surface area contributed by atoms with Crippen molar-refractivity contribution in [3.63, 3.8) is 0 Å². The van der Waals surface area contributed by atoms with Crippen molar-refractivity contribution in [2.24, 2.45) is 11.5 Å². The molecular weight excluding hydrogens is 634 g/mol. The number of carbonyl (C=O) groups is 2. The van der Waals surface area contributed by atoms with Crippen LogP contribution in [0.2, 0.25) is 0 Å². The number of aliphatic hydroxyl groups is 2. The number of allylic oxidation sites excluding steroid dienone is 2. The molecule has 4 aromatic rings. The summed E-state index contributed by atoms with van der Waals surface area (Å²) in [6.45, 7) is 0.0345. The Hall–Kier alpha value is -4.74. The molecule has 4 rings (SSSR count). The maximum atomic E-state index is 13.2. The average Bonchev–Trinajstić information content (AvgIpc) is 3.67. The molecule has 10 heteroatoms. The number of ether oxygens (including phenoxy) is 1. The molecule has 0 fully saturated rings. The van der Waals surface area contributed by atoms with E-state index in [1.165, 1.54) is 0 Å². The quantitative estimate of drug-likeness (QED) is 0.0249. The molecule has 2 unspecified atom stereocenters. The third-order valence-corrected chi connectivity index (χ3v) is 8.76.